The summed E-state index contributed by atoms with van der Waals surface area (Å²) in [5, 5.41) is 0. The van der Waals surface area contributed by atoms with Gasteiger partial charge in [0.1, 0.15) is 4.75 Å². The highest BCUT2D eigenvalue weighted by Gasteiger charge is 2.47. The molecule has 0 bridgehead atoms. The number of hydrogen-bond donors (Lipinski definition) is 1. The number of nitrogens with two attached hydrogens (primary N) is 1. The molecular formula is C18H22ClNO2S. The summed E-state index contributed by atoms with van der Waals surface area (Å²) in [5.41, 5.74) is 7.89. The Morgan fingerprint density at radius 2 is 1.65 bits per heavy atom. The van der Waals surface area contributed by atoms with Gasteiger partial charge in [-0.15, -0.1) is 12.4 Å². The first-order valence-electron chi connectivity index (χ1n) is 7.70. The molecule has 0 spiro atoms. The summed E-state index contributed by atoms with van der Waals surface area (Å²) in [7, 11) is -3.48. The third-order valence-electron chi connectivity index (χ3n) is 4.65. The second-order valence-corrected chi connectivity index (χ2v) is 8.12. The predicted octanol–water partition coefficient (Wildman–Crippen LogP) is 3.46. The zero-order valence-corrected chi connectivity index (χ0v) is 14.6. The lowest BCUT2D eigenvalue weighted by Gasteiger charge is -2.38. The van der Waals surface area contributed by atoms with Crippen molar-refractivity contribution in [3.8, 4) is 0 Å². The number of halogens is 1. The molecule has 0 aromatic heterocycles. The summed E-state index contributed by atoms with van der Waals surface area (Å²) >= 11 is 0. The van der Waals surface area contributed by atoms with E-state index in [1.165, 1.54) is 0 Å². The summed E-state index contributed by atoms with van der Waals surface area (Å²) < 4.78 is 25.9. The van der Waals surface area contributed by atoms with Crippen LogP contribution in [0.4, 0.5) is 0 Å². The van der Waals surface area contributed by atoms with Crippen LogP contribution in [0.3, 0.4) is 0 Å². The molecule has 0 saturated heterocycles. The van der Waals surface area contributed by atoms with Gasteiger partial charge in [0.15, 0.2) is 9.84 Å². The van der Waals surface area contributed by atoms with E-state index in [4.69, 9.17) is 5.73 Å². The summed E-state index contributed by atoms with van der Waals surface area (Å²) in [6.45, 7) is 0.362. The van der Waals surface area contributed by atoms with Gasteiger partial charge in [-0.1, -0.05) is 42.5 Å². The maximum Gasteiger partial charge on any atom is 0.188 e. The zero-order chi connectivity index (χ0) is 15.6. The lowest BCUT2D eigenvalue weighted by atomic mass is 9.80. The van der Waals surface area contributed by atoms with Crippen molar-refractivity contribution in [3.63, 3.8) is 0 Å². The molecule has 1 aliphatic carbocycles. The standard InChI is InChI=1S/C18H21NO2S.ClH/c19-14-13-18(22(20,21)16-9-2-1-3-10-16)12-6-8-15-7-4-5-11-17(15)18;/h1-5,7,9-11H,6,8,12-14,19H2;1H. The smallest absolute Gasteiger partial charge is 0.188 e. The van der Waals surface area contributed by atoms with Gasteiger partial charge in [-0.25, -0.2) is 8.42 Å². The molecule has 0 amide bonds. The first-order valence-corrected chi connectivity index (χ1v) is 9.18. The highest BCUT2D eigenvalue weighted by atomic mass is 35.5. The maximum atomic E-state index is 13.4. The molecule has 23 heavy (non-hydrogen) atoms. The monoisotopic (exact) mass is 351 g/mol. The molecule has 1 atom stereocenters. The molecule has 3 rings (SSSR count). The van der Waals surface area contributed by atoms with Crippen molar-refractivity contribution in [2.24, 2.45) is 5.73 Å². The molecule has 3 nitrogen and oxygen atoms in total. The van der Waals surface area contributed by atoms with Gasteiger partial charge in [-0.3, -0.25) is 0 Å². The van der Waals surface area contributed by atoms with Crippen LogP contribution < -0.4 is 5.73 Å². The van der Waals surface area contributed by atoms with E-state index in [2.05, 4.69) is 0 Å². The summed E-state index contributed by atoms with van der Waals surface area (Å²) in [6.07, 6.45) is 2.91. The van der Waals surface area contributed by atoms with Crippen LogP contribution in [0.2, 0.25) is 0 Å². The van der Waals surface area contributed by atoms with Crippen molar-refractivity contribution in [2.75, 3.05) is 6.54 Å². The molecule has 5 heteroatoms. The van der Waals surface area contributed by atoms with Crippen LogP contribution in [0.1, 0.15) is 30.4 Å². The minimum absolute atomic E-state index is 0. The zero-order valence-electron chi connectivity index (χ0n) is 12.9. The number of sulfone groups is 1. The van der Waals surface area contributed by atoms with Gasteiger partial charge in [-0.05, 0) is 55.5 Å². The van der Waals surface area contributed by atoms with Crippen molar-refractivity contribution in [2.45, 2.75) is 35.3 Å². The minimum Gasteiger partial charge on any atom is -0.330 e. The van der Waals surface area contributed by atoms with E-state index in [0.29, 0.717) is 24.3 Å². The lowest BCUT2D eigenvalue weighted by Crippen LogP contribution is -2.41. The van der Waals surface area contributed by atoms with Gasteiger partial charge in [0.05, 0.1) is 4.90 Å². The number of aryl methyl sites for hydroxylation is 1. The van der Waals surface area contributed by atoms with E-state index < -0.39 is 14.6 Å². The van der Waals surface area contributed by atoms with Crippen LogP contribution in [0.25, 0.3) is 0 Å². The summed E-state index contributed by atoms with van der Waals surface area (Å²) in [4.78, 5) is 0.389. The Bertz CT molecular complexity index is 762. The molecule has 0 fully saturated rings. The molecule has 1 unspecified atom stereocenters. The van der Waals surface area contributed by atoms with E-state index in [9.17, 15) is 8.42 Å². The van der Waals surface area contributed by atoms with E-state index in [-0.39, 0.29) is 12.4 Å². The average molecular weight is 352 g/mol. The fourth-order valence-electron chi connectivity index (χ4n) is 3.61. The summed E-state index contributed by atoms with van der Waals surface area (Å²) in [6, 6.07) is 16.7. The van der Waals surface area contributed by atoms with E-state index >= 15 is 0 Å². The van der Waals surface area contributed by atoms with Gasteiger partial charge in [-0.2, -0.15) is 0 Å². The van der Waals surface area contributed by atoms with Gasteiger partial charge >= 0.3 is 0 Å². The third kappa shape index (κ3) is 2.91. The van der Waals surface area contributed by atoms with Crippen molar-refractivity contribution >= 4 is 22.2 Å². The predicted molar refractivity (Wildman–Crippen MR) is 95.6 cm³/mol. The highest BCUT2D eigenvalue weighted by molar-refractivity contribution is 7.92. The van der Waals surface area contributed by atoms with Gasteiger partial charge in [0.2, 0.25) is 0 Å². The molecule has 2 aromatic carbocycles. The topological polar surface area (TPSA) is 60.2 Å². The average Bonchev–Trinajstić information content (AvgIpc) is 2.56. The Hall–Kier alpha value is -1.36. The molecule has 0 radical (unpaired) electrons. The molecule has 2 N–H and O–H groups in total. The Morgan fingerprint density at radius 3 is 2.35 bits per heavy atom. The van der Waals surface area contributed by atoms with Crippen LogP contribution in [-0.4, -0.2) is 15.0 Å². The summed E-state index contributed by atoms with van der Waals surface area (Å²) in [5.74, 6) is 0. The fourth-order valence-corrected chi connectivity index (χ4v) is 5.87. The van der Waals surface area contributed by atoms with E-state index in [0.717, 1.165) is 24.0 Å². The number of fused-ring (bicyclic) bond motifs is 1. The molecule has 0 saturated carbocycles. The molecule has 0 aliphatic heterocycles. The maximum absolute atomic E-state index is 13.4. The van der Waals surface area contributed by atoms with E-state index in [1.54, 1.807) is 24.3 Å². The molecule has 1 aliphatic rings. The second-order valence-electron chi connectivity index (χ2n) is 5.86. The van der Waals surface area contributed by atoms with Crippen molar-refractivity contribution in [3.05, 3.63) is 65.7 Å². The SMILES string of the molecule is Cl.NCCC1(S(=O)(=O)c2ccccc2)CCCc2ccccc21. The van der Waals surface area contributed by atoms with Crippen LogP contribution in [0.5, 0.6) is 0 Å². The normalized spacial score (nSPS) is 20.4. The number of benzene rings is 2. The van der Waals surface area contributed by atoms with Crippen LogP contribution in [0, 0.1) is 0 Å². The minimum atomic E-state index is -3.48. The Morgan fingerprint density at radius 1 is 1.00 bits per heavy atom. The quantitative estimate of drug-likeness (QED) is 0.917. The number of rotatable bonds is 4. The molecular weight excluding hydrogens is 330 g/mol. The Kier molecular flexibility index (Phi) is 5.50. The van der Waals surface area contributed by atoms with Crippen LogP contribution in [0.15, 0.2) is 59.5 Å². The van der Waals surface area contributed by atoms with E-state index in [1.807, 2.05) is 30.3 Å². The molecule has 124 valence electrons. The first-order chi connectivity index (χ1) is 10.6. The molecule has 2 aromatic rings. The Balaban J connectivity index is 0.00000192. The van der Waals surface area contributed by atoms with Crippen molar-refractivity contribution in [1.29, 1.82) is 0 Å². The highest BCUT2D eigenvalue weighted by Crippen LogP contribution is 2.46. The van der Waals surface area contributed by atoms with Gasteiger partial charge in [0, 0.05) is 0 Å². The molecule has 0 heterocycles. The second kappa shape index (κ2) is 7.04. The van der Waals surface area contributed by atoms with Crippen molar-refractivity contribution < 1.29 is 8.42 Å². The van der Waals surface area contributed by atoms with Gasteiger partial charge < -0.3 is 5.73 Å². The largest absolute Gasteiger partial charge is 0.330 e. The third-order valence-corrected chi connectivity index (χ3v) is 7.20. The van der Waals surface area contributed by atoms with Gasteiger partial charge in [0.25, 0.3) is 0 Å². The van der Waals surface area contributed by atoms with Crippen LogP contribution >= 0.6 is 12.4 Å². The fraction of sp³-hybridized carbons (Fsp3) is 0.333. The van der Waals surface area contributed by atoms with Crippen LogP contribution in [-0.2, 0) is 21.0 Å². The first kappa shape index (κ1) is 18.0. The number of hydrogen-bond acceptors (Lipinski definition) is 3. The van der Waals surface area contributed by atoms with Crippen molar-refractivity contribution in [1.82, 2.24) is 0 Å². The lowest BCUT2D eigenvalue weighted by molar-refractivity contribution is 0.436. The Labute approximate surface area is 144 Å².